The third-order valence-corrected chi connectivity index (χ3v) is 2.19. The Hall–Kier alpha value is -2.79. The molecule has 1 heterocycles. The highest BCUT2D eigenvalue weighted by Crippen LogP contribution is 2.21. The van der Waals surface area contributed by atoms with E-state index in [0.717, 1.165) is 0 Å². The zero-order valence-corrected chi connectivity index (χ0v) is 9.38. The van der Waals surface area contributed by atoms with Crippen molar-refractivity contribution in [2.24, 2.45) is 5.11 Å². The molecule has 0 saturated carbocycles. The fourth-order valence-corrected chi connectivity index (χ4v) is 1.50. The van der Waals surface area contributed by atoms with Crippen LogP contribution in [0.4, 0.5) is 11.4 Å². The highest BCUT2D eigenvalue weighted by atomic mass is 16.4. The van der Waals surface area contributed by atoms with E-state index in [1.54, 1.807) is 12.1 Å². The fourth-order valence-electron chi connectivity index (χ4n) is 1.50. The molecule has 0 aliphatic carbocycles. The van der Waals surface area contributed by atoms with Crippen LogP contribution in [0.5, 0.6) is 0 Å². The molecule has 0 atom stereocenters. The van der Waals surface area contributed by atoms with Crippen molar-refractivity contribution in [2.75, 3.05) is 5.32 Å². The van der Waals surface area contributed by atoms with E-state index in [2.05, 4.69) is 15.3 Å². The lowest BCUT2D eigenvalue weighted by atomic mass is 10.2. The summed E-state index contributed by atoms with van der Waals surface area (Å²) in [5.74, 6) is -0.220. The molecule has 2 aromatic rings. The summed E-state index contributed by atoms with van der Waals surface area (Å²) >= 11 is 0. The number of nitrogens with one attached hydrogen (secondary N) is 1. The number of carbonyl (C=O) groups excluding carboxylic acids is 1. The number of azide groups is 1. The Morgan fingerprint density at radius 3 is 2.89 bits per heavy atom. The maximum absolute atomic E-state index is 11.4. The van der Waals surface area contributed by atoms with Gasteiger partial charge in [-0.2, -0.15) is 0 Å². The highest BCUT2D eigenvalue weighted by Gasteiger charge is 2.05. The molecule has 0 fully saturated rings. The van der Waals surface area contributed by atoms with Crippen LogP contribution < -0.4 is 10.9 Å². The standard InChI is InChI=1S/C11H8N4O3/c1-6(16)13-8-3-2-7-4-9(14-15-12)11(17)18-10(7)5-8/h2-5H,1H3,(H,13,16). The van der Waals surface area contributed by atoms with Crippen LogP contribution >= 0.6 is 0 Å². The average Bonchev–Trinajstić information content (AvgIpc) is 2.30. The van der Waals surface area contributed by atoms with Crippen LogP contribution in [0.1, 0.15) is 6.92 Å². The van der Waals surface area contributed by atoms with E-state index < -0.39 is 5.63 Å². The van der Waals surface area contributed by atoms with Gasteiger partial charge in [0.15, 0.2) is 0 Å². The topological polar surface area (TPSA) is 108 Å². The monoisotopic (exact) mass is 244 g/mol. The van der Waals surface area contributed by atoms with Crippen LogP contribution in [0, 0.1) is 0 Å². The quantitative estimate of drug-likeness (QED) is 0.379. The van der Waals surface area contributed by atoms with Crippen LogP contribution in [-0.2, 0) is 4.79 Å². The minimum Gasteiger partial charge on any atom is -0.422 e. The van der Waals surface area contributed by atoms with E-state index in [9.17, 15) is 9.59 Å². The lowest BCUT2D eigenvalue weighted by molar-refractivity contribution is -0.114. The number of hydrogen-bond donors (Lipinski definition) is 1. The summed E-state index contributed by atoms with van der Waals surface area (Å²) in [7, 11) is 0. The first-order chi connectivity index (χ1) is 8.60. The molecule has 18 heavy (non-hydrogen) atoms. The molecule has 1 amide bonds. The summed E-state index contributed by atoms with van der Waals surface area (Å²) in [6.45, 7) is 1.38. The molecule has 0 radical (unpaired) electrons. The third kappa shape index (κ3) is 2.31. The number of carbonyl (C=O) groups is 1. The van der Waals surface area contributed by atoms with Crippen molar-refractivity contribution >= 4 is 28.3 Å². The van der Waals surface area contributed by atoms with Crippen molar-refractivity contribution in [1.29, 1.82) is 0 Å². The van der Waals surface area contributed by atoms with Crippen molar-refractivity contribution in [3.63, 3.8) is 0 Å². The van der Waals surface area contributed by atoms with Crippen LogP contribution in [0.2, 0.25) is 0 Å². The van der Waals surface area contributed by atoms with Gasteiger partial charge < -0.3 is 9.73 Å². The molecular formula is C11H8N4O3. The number of fused-ring (bicyclic) bond motifs is 1. The van der Waals surface area contributed by atoms with Gasteiger partial charge in [-0.15, -0.1) is 0 Å². The third-order valence-electron chi connectivity index (χ3n) is 2.19. The Balaban J connectivity index is 2.58. The van der Waals surface area contributed by atoms with E-state index in [1.165, 1.54) is 19.1 Å². The maximum Gasteiger partial charge on any atom is 0.345 e. The maximum atomic E-state index is 11.4. The van der Waals surface area contributed by atoms with Gasteiger partial charge >= 0.3 is 5.63 Å². The summed E-state index contributed by atoms with van der Waals surface area (Å²) < 4.78 is 5.00. The lowest BCUT2D eigenvalue weighted by Crippen LogP contribution is -2.05. The second kappa shape index (κ2) is 4.60. The number of benzene rings is 1. The van der Waals surface area contributed by atoms with Crippen LogP contribution in [0.3, 0.4) is 0 Å². The molecule has 90 valence electrons. The van der Waals surface area contributed by atoms with E-state index in [4.69, 9.17) is 9.95 Å². The minimum absolute atomic E-state index is 0.0997. The molecule has 0 aliphatic heterocycles. The molecule has 1 aromatic carbocycles. The van der Waals surface area contributed by atoms with Gasteiger partial charge in [-0.05, 0) is 23.7 Å². The van der Waals surface area contributed by atoms with Crippen LogP contribution in [0.25, 0.3) is 21.4 Å². The lowest BCUT2D eigenvalue weighted by Gasteiger charge is -2.03. The van der Waals surface area contributed by atoms with Crippen LogP contribution in [0.15, 0.2) is 38.6 Å². The number of amides is 1. The van der Waals surface area contributed by atoms with Gasteiger partial charge in [-0.3, -0.25) is 4.79 Å². The minimum atomic E-state index is -0.722. The number of rotatable bonds is 2. The van der Waals surface area contributed by atoms with Crippen molar-refractivity contribution in [2.45, 2.75) is 6.92 Å². The first-order valence-electron chi connectivity index (χ1n) is 5.01. The molecule has 0 spiro atoms. The predicted octanol–water partition coefficient (Wildman–Crippen LogP) is 2.69. The summed E-state index contributed by atoms with van der Waals surface area (Å²) in [6, 6.07) is 6.26. The van der Waals surface area contributed by atoms with E-state index in [1.807, 2.05) is 0 Å². The van der Waals surface area contributed by atoms with E-state index in [0.29, 0.717) is 16.7 Å². The van der Waals surface area contributed by atoms with Gasteiger partial charge in [0.05, 0.1) is 0 Å². The Morgan fingerprint density at radius 2 is 2.22 bits per heavy atom. The first kappa shape index (κ1) is 11.7. The van der Waals surface area contributed by atoms with Crippen molar-refractivity contribution < 1.29 is 9.21 Å². The summed E-state index contributed by atoms with van der Waals surface area (Å²) in [4.78, 5) is 24.9. The normalized spacial score (nSPS) is 9.83. The Bertz CT molecular complexity index is 729. The molecule has 7 heteroatoms. The molecule has 1 aromatic heterocycles. The van der Waals surface area contributed by atoms with Gasteiger partial charge in [0.25, 0.3) is 0 Å². The zero-order chi connectivity index (χ0) is 13.1. The largest absolute Gasteiger partial charge is 0.422 e. The molecule has 7 nitrogen and oxygen atoms in total. The number of anilines is 1. The second-order valence-electron chi connectivity index (χ2n) is 3.54. The average molecular weight is 244 g/mol. The Morgan fingerprint density at radius 1 is 1.44 bits per heavy atom. The smallest absolute Gasteiger partial charge is 0.345 e. The fraction of sp³-hybridized carbons (Fsp3) is 0.0909. The van der Waals surface area contributed by atoms with Gasteiger partial charge in [-0.25, -0.2) is 4.79 Å². The number of nitrogens with zero attached hydrogens (tertiary/aromatic N) is 3. The van der Waals surface area contributed by atoms with E-state index in [-0.39, 0.29) is 11.6 Å². The molecule has 0 saturated heterocycles. The number of hydrogen-bond acceptors (Lipinski definition) is 4. The van der Waals surface area contributed by atoms with E-state index >= 15 is 0 Å². The predicted molar refractivity (Wildman–Crippen MR) is 65.6 cm³/mol. The molecule has 1 N–H and O–H groups in total. The SMILES string of the molecule is CC(=O)Nc1ccc2cc(N=[N+]=[N-])c(=O)oc2c1. The van der Waals surface area contributed by atoms with Gasteiger partial charge in [-0.1, -0.05) is 5.11 Å². The molecule has 0 unspecified atom stereocenters. The van der Waals surface area contributed by atoms with Gasteiger partial charge in [0.1, 0.15) is 11.3 Å². The van der Waals surface area contributed by atoms with Crippen molar-refractivity contribution in [3.8, 4) is 0 Å². The summed E-state index contributed by atoms with van der Waals surface area (Å²) in [5.41, 5.74) is 8.30. The zero-order valence-electron chi connectivity index (χ0n) is 9.38. The second-order valence-corrected chi connectivity index (χ2v) is 3.54. The van der Waals surface area contributed by atoms with Crippen LogP contribution in [-0.4, -0.2) is 5.91 Å². The van der Waals surface area contributed by atoms with Gasteiger partial charge in [0, 0.05) is 29.0 Å². The molecule has 2 rings (SSSR count). The summed E-state index contributed by atoms with van der Waals surface area (Å²) in [6.07, 6.45) is 0. The van der Waals surface area contributed by atoms with Crippen molar-refractivity contribution in [3.05, 3.63) is 45.1 Å². The molecular weight excluding hydrogens is 236 g/mol. The first-order valence-corrected chi connectivity index (χ1v) is 5.01. The Labute approximate surface area is 101 Å². The van der Waals surface area contributed by atoms with Gasteiger partial charge in [0.2, 0.25) is 5.91 Å². The summed E-state index contributed by atoms with van der Waals surface area (Å²) in [5, 5.41) is 6.41. The molecule has 0 aliphatic rings. The van der Waals surface area contributed by atoms with Crippen molar-refractivity contribution in [1.82, 2.24) is 0 Å². The molecule has 0 bridgehead atoms. The highest BCUT2D eigenvalue weighted by molar-refractivity contribution is 5.91. The Kier molecular flexibility index (Phi) is 2.99.